The van der Waals surface area contributed by atoms with Crippen molar-refractivity contribution in [3.63, 3.8) is 0 Å². The summed E-state index contributed by atoms with van der Waals surface area (Å²) >= 11 is 0. The second-order valence-electron chi connectivity index (χ2n) is 6.67. The standard InChI is InChI=1S/C17H36N2O/c1-4-5-6-7-8-9-10-11-12-13-16(20)19-15-14-17(2,3)18/h4-15,18H2,1-3H3,(H,19,20). The molecule has 0 aromatic heterocycles. The van der Waals surface area contributed by atoms with Crippen molar-refractivity contribution >= 4 is 5.91 Å². The minimum atomic E-state index is -0.189. The lowest BCUT2D eigenvalue weighted by Gasteiger charge is -2.18. The Morgan fingerprint density at radius 3 is 1.95 bits per heavy atom. The zero-order valence-corrected chi connectivity index (χ0v) is 14.0. The Labute approximate surface area is 126 Å². The Bertz CT molecular complexity index is 234. The van der Waals surface area contributed by atoms with E-state index in [2.05, 4.69) is 12.2 Å². The van der Waals surface area contributed by atoms with E-state index in [9.17, 15) is 4.79 Å². The highest BCUT2D eigenvalue weighted by molar-refractivity contribution is 5.75. The monoisotopic (exact) mass is 284 g/mol. The fourth-order valence-electron chi connectivity index (χ4n) is 2.21. The average Bonchev–Trinajstić information content (AvgIpc) is 2.35. The quantitative estimate of drug-likeness (QED) is 0.499. The van der Waals surface area contributed by atoms with Crippen LogP contribution in [-0.4, -0.2) is 18.0 Å². The van der Waals surface area contributed by atoms with E-state index in [0.29, 0.717) is 13.0 Å². The number of unbranched alkanes of at least 4 members (excludes halogenated alkanes) is 8. The van der Waals surface area contributed by atoms with E-state index in [1.165, 1.54) is 51.4 Å². The Kier molecular flexibility index (Phi) is 11.8. The topological polar surface area (TPSA) is 55.1 Å². The van der Waals surface area contributed by atoms with Gasteiger partial charge in [-0.3, -0.25) is 4.79 Å². The summed E-state index contributed by atoms with van der Waals surface area (Å²) in [7, 11) is 0. The molecule has 0 atom stereocenters. The molecule has 0 aliphatic carbocycles. The number of hydrogen-bond acceptors (Lipinski definition) is 2. The maximum atomic E-state index is 11.6. The van der Waals surface area contributed by atoms with E-state index >= 15 is 0 Å². The fourth-order valence-corrected chi connectivity index (χ4v) is 2.21. The first-order valence-corrected chi connectivity index (χ1v) is 8.51. The molecule has 0 aromatic carbocycles. The lowest BCUT2D eigenvalue weighted by molar-refractivity contribution is -0.121. The number of rotatable bonds is 13. The first kappa shape index (κ1) is 19.4. The second-order valence-corrected chi connectivity index (χ2v) is 6.67. The van der Waals surface area contributed by atoms with Gasteiger partial charge in [-0.25, -0.2) is 0 Å². The van der Waals surface area contributed by atoms with Crippen LogP contribution >= 0.6 is 0 Å². The van der Waals surface area contributed by atoms with Gasteiger partial charge in [-0.1, -0.05) is 58.3 Å². The van der Waals surface area contributed by atoms with E-state index in [1.54, 1.807) is 0 Å². The molecule has 0 rings (SSSR count). The van der Waals surface area contributed by atoms with Crippen molar-refractivity contribution in [3.05, 3.63) is 0 Å². The second kappa shape index (κ2) is 12.2. The Morgan fingerprint density at radius 2 is 1.45 bits per heavy atom. The van der Waals surface area contributed by atoms with E-state index in [0.717, 1.165) is 12.8 Å². The molecule has 0 bridgehead atoms. The molecule has 0 spiro atoms. The van der Waals surface area contributed by atoms with Gasteiger partial charge >= 0.3 is 0 Å². The third-order valence-corrected chi connectivity index (χ3v) is 3.60. The third kappa shape index (κ3) is 15.5. The molecule has 0 unspecified atom stereocenters. The van der Waals surface area contributed by atoms with Crippen LogP contribution in [0.2, 0.25) is 0 Å². The van der Waals surface area contributed by atoms with E-state index in [-0.39, 0.29) is 11.4 Å². The molecule has 1 amide bonds. The van der Waals surface area contributed by atoms with Crippen molar-refractivity contribution in [3.8, 4) is 0 Å². The van der Waals surface area contributed by atoms with Crippen molar-refractivity contribution in [2.24, 2.45) is 5.73 Å². The predicted octanol–water partition coefficient (Wildman–Crippen LogP) is 4.15. The van der Waals surface area contributed by atoms with Crippen LogP contribution in [-0.2, 0) is 4.79 Å². The van der Waals surface area contributed by atoms with E-state index < -0.39 is 0 Å². The largest absolute Gasteiger partial charge is 0.356 e. The third-order valence-electron chi connectivity index (χ3n) is 3.60. The molecule has 0 aliphatic heterocycles. The molecule has 120 valence electrons. The Hall–Kier alpha value is -0.570. The summed E-state index contributed by atoms with van der Waals surface area (Å²) in [5.74, 6) is 0.178. The summed E-state index contributed by atoms with van der Waals surface area (Å²) in [6.45, 7) is 6.92. The summed E-state index contributed by atoms with van der Waals surface area (Å²) in [4.78, 5) is 11.6. The Balaban J connectivity index is 3.23. The zero-order valence-electron chi connectivity index (χ0n) is 14.0. The molecule has 0 heterocycles. The van der Waals surface area contributed by atoms with Crippen molar-refractivity contribution in [2.45, 2.75) is 96.9 Å². The summed E-state index contributed by atoms with van der Waals surface area (Å²) in [6, 6.07) is 0. The first-order valence-electron chi connectivity index (χ1n) is 8.51. The summed E-state index contributed by atoms with van der Waals surface area (Å²) in [6.07, 6.45) is 13.1. The van der Waals surface area contributed by atoms with Gasteiger partial charge in [0.15, 0.2) is 0 Å². The zero-order chi connectivity index (χ0) is 15.3. The number of nitrogens with two attached hydrogens (primary N) is 1. The lowest BCUT2D eigenvalue weighted by Crippen LogP contribution is -2.37. The molecular formula is C17H36N2O. The molecule has 0 aliphatic rings. The number of nitrogens with one attached hydrogen (secondary N) is 1. The SMILES string of the molecule is CCCCCCCCCCCC(=O)NCCC(C)(C)N. The van der Waals surface area contributed by atoms with Gasteiger partial charge in [0.25, 0.3) is 0 Å². The minimum Gasteiger partial charge on any atom is -0.356 e. The highest BCUT2D eigenvalue weighted by Crippen LogP contribution is 2.10. The summed E-state index contributed by atoms with van der Waals surface area (Å²) in [5.41, 5.74) is 5.68. The van der Waals surface area contributed by atoms with Crippen LogP contribution in [0.25, 0.3) is 0 Å². The van der Waals surface area contributed by atoms with E-state index in [1.807, 2.05) is 13.8 Å². The number of carbonyl (C=O) groups excluding carboxylic acids is 1. The van der Waals surface area contributed by atoms with Crippen molar-refractivity contribution in [2.75, 3.05) is 6.54 Å². The molecule has 0 aromatic rings. The predicted molar refractivity (Wildman–Crippen MR) is 87.7 cm³/mol. The fraction of sp³-hybridized carbons (Fsp3) is 0.941. The smallest absolute Gasteiger partial charge is 0.219 e. The number of amides is 1. The maximum Gasteiger partial charge on any atom is 0.219 e. The highest BCUT2D eigenvalue weighted by Gasteiger charge is 2.10. The molecule has 0 fully saturated rings. The molecule has 0 radical (unpaired) electrons. The van der Waals surface area contributed by atoms with Gasteiger partial charge in [0.1, 0.15) is 0 Å². The van der Waals surface area contributed by atoms with Crippen molar-refractivity contribution in [1.82, 2.24) is 5.32 Å². The van der Waals surface area contributed by atoms with Gasteiger partial charge in [-0.05, 0) is 26.7 Å². The first-order chi connectivity index (χ1) is 9.45. The minimum absolute atomic E-state index is 0.178. The van der Waals surface area contributed by atoms with Crippen molar-refractivity contribution < 1.29 is 4.79 Å². The van der Waals surface area contributed by atoms with Crippen molar-refractivity contribution in [1.29, 1.82) is 0 Å². The average molecular weight is 284 g/mol. The van der Waals surface area contributed by atoms with Crippen LogP contribution in [0.4, 0.5) is 0 Å². The number of hydrogen-bond donors (Lipinski definition) is 2. The van der Waals surface area contributed by atoms with Crippen LogP contribution in [0, 0.1) is 0 Å². The van der Waals surface area contributed by atoms with Gasteiger partial charge in [-0.2, -0.15) is 0 Å². The summed E-state index contributed by atoms with van der Waals surface area (Å²) < 4.78 is 0. The van der Waals surface area contributed by atoms with Crippen LogP contribution in [0.3, 0.4) is 0 Å². The molecule has 3 nitrogen and oxygen atoms in total. The molecule has 0 saturated heterocycles. The molecule has 3 N–H and O–H groups in total. The Morgan fingerprint density at radius 1 is 0.950 bits per heavy atom. The van der Waals surface area contributed by atoms with Gasteiger partial charge in [-0.15, -0.1) is 0 Å². The van der Waals surface area contributed by atoms with Gasteiger partial charge in [0.05, 0.1) is 0 Å². The molecule has 3 heteroatoms. The highest BCUT2D eigenvalue weighted by atomic mass is 16.1. The van der Waals surface area contributed by atoms with Crippen LogP contribution < -0.4 is 11.1 Å². The van der Waals surface area contributed by atoms with E-state index in [4.69, 9.17) is 5.73 Å². The lowest BCUT2D eigenvalue weighted by atomic mass is 10.0. The molecule has 20 heavy (non-hydrogen) atoms. The van der Waals surface area contributed by atoms with Gasteiger partial charge < -0.3 is 11.1 Å². The summed E-state index contributed by atoms with van der Waals surface area (Å²) in [5, 5.41) is 2.95. The molecular weight excluding hydrogens is 248 g/mol. The van der Waals surface area contributed by atoms with Crippen LogP contribution in [0.15, 0.2) is 0 Å². The van der Waals surface area contributed by atoms with Gasteiger partial charge in [0.2, 0.25) is 5.91 Å². The maximum absolute atomic E-state index is 11.6. The number of carbonyl (C=O) groups is 1. The van der Waals surface area contributed by atoms with Crippen LogP contribution in [0.5, 0.6) is 0 Å². The normalized spacial score (nSPS) is 11.6. The van der Waals surface area contributed by atoms with Gasteiger partial charge in [0, 0.05) is 18.5 Å². The molecule has 0 saturated carbocycles. The van der Waals surface area contributed by atoms with Crippen LogP contribution in [0.1, 0.15) is 91.4 Å².